The Labute approximate surface area is 181 Å². The molecule has 0 bridgehead atoms. The van der Waals surface area contributed by atoms with Gasteiger partial charge in [-0.2, -0.15) is 18.4 Å². The fraction of sp³-hybridized carbons (Fsp3) is 0.130. The summed E-state index contributed by atoms with van der Waals surface area (Å²) in [6.07, 6.45) is -3.31. The smallest absolute Gasteiger partial charge is 0.416 e. The van der Waals surface area contributed by atoms with Crippen molar-refractivity contribution in [2.75, 3.05) is 0 Å². The zero-order valence-electron chi connectivity index (χ0n) is 16.2. The predicted molar refractivity (Wildman–Crippen MR) is 111 cm³/mol. The van der Waals surface area contributed by atoms with Gasteiger partial charge in [-0.15, -0.1) is 0 Å². The van der Waals surface area contributed by atoms with Crippen molar-refractivity contribution in [1.29, 1.82) is 5.26 Å². The monoisotopic (exact) mass is 444 g/mol. The Balaban J connectivity index is 1.83. The molecule has 1 unspecified atom stereocenters. The number of nitrogens with one attached hydrogen (secondary N) is 1. The summed E-state index contributed by atoms with van der Waals surface area (Å²) in [5, 5.41) is 12.2. The van der Waals surface area contributed by atoms with Gasteiger partial charge in [-0.3, -0.25) is 4.79 Å². The zero-order chi connectivity index (χ0) is 22.6. The van der Waals surface area contributed by atoms with Crippen molar-refractivity contribution in [2.45, 2.75) is 19.1 Å². The van der Waals surface area contributed by atoms with Gasteiger partial charge in [0.05, 0.1) is 16.6 Å². The van der Waals surface area contributed by atoms with E-state index in [2.05, 4.69) is 5.32 Å². The number of hydrogen-bond acceptors (Lipinski definition) is 3. The van der Waals surface area contributed by atoms with Gasteiger partial charge < -0.3 is 9.73 Å². The van der Waals surface area contributed by atoms with E-state index in [0.717, 1.165) is 23.8 Å². The maximum atomic E-state index is 13.0. The van der Waals surface area contributed by atoms with Crippen LogP contribution in [0.25, 0.3) is 17.4 Å². The van der Waals surface area contributed by atoms with E-state index in [1.54, 1.807) is 6.92 Å². The maximum Gasteiger partial charge on any atom is 0.416 e. The minimum atomic E-state index is -4.53. The van der Waals surface area contributed by atoms with Crippen molar-refractivity contribution >= 4 is 23.6 Å². The lowest BCUT2D eigenvalue weighted by Crippen LogP contribution is -2.27. The van der Waals surface area contributed by atoms with Crippen LogP contribution in [-0.2, 0) is 11.0 Å². The highest BCUT2D eigenvalue weighted by Crippen LogP contribution is 2.36. The van der Waals surface area contributed by atoms with E-state index in [-0.39, 0.29) is 33.7 Å². The molecular weight excluding hydrogens is 429 g/mol. The molecule has 1 atom stereocenters. The van der Waals surface area contributed by atoms with E-state index in [9.17, 15) is 23.2 Å². The van der Waals surface area contributed by atoms with Crippen LogP contribution in [0.1, 0.15) is 29.9 Å². The van der Waals surface area contributed by atoms with Gasteiger partial charge in [-0.25, -0.2) is 0 Å². The molecule has 2 aromatic carbocycles. The normalized spacial score (nSPS) is 12.8. The molecular formula is C23H16ClF3N2O2. The minimum absolute atomic E-state index is 0.0526. The first-order chi connectivity index (χ1) is 14.7. The van der Waals surface area contributed by atoms with Gasteiger partial charge >= 0.3 is 6.18 Å². The number of carbonyl (C=O) groups excluding carboxylic acids is 1. The first-order valence-electron chi connectivity index (χ1n) is 9.13. The summed E-state index contributed by atoms with van der Waals surface area (Å²) in [5.74, 6) is -0.394. The summed E-state index contributed by atoms with van der Waals surface area (Å²) >= 11 is 6.03. The SMILES string of the molecule is CC(NC(=O)C(C#N)=Cc1ccc(-c2cc(C(F)(F)F)ccc2Cl)o1)c1ccccc1. The molecule has 0 aliphatic heterocycles. The molecule has 1 N–H and O–H groups in total. The summed E-state index contributed by atoms with van der Waals surface area (Å²) in [7, 11) is 0. The number of benzene rings is 2. The van der Waals surface area contributed by atoms with E-state index in [4.69, 9.17) is 16.0 Å². The van der Waals surface area contributed by atoms with Crippen LogP contribution in [0.5, 0.6) is 0 Å². The number of rotatable bonds is 5. The minimum Gasteiger partial charge on any atom is -0.457 e. The lowest BCUT2D eigenvalue weighted by atomic mass is 10.1. The molecule has 0 aliphatic rings. The molecule has 1 heterocycles. The van der Waals surface area contributed by atoms with Crippen LogP contribution >= 0.6 is 11.6 Å². The highest BCUT2D eigenvalue weighted by molar-refractivity contribution is 6.33. The summed E-state index contributed by atoms with van der Waals surface area (Å²) in [6.45, 7) is 1.78. The summed E-state index contributed by atoms with van der Waals surface area (Å²) < 4.78 is 44.5. The van der Waals surface area contributed by atoms with Crippen molar-refractivity contribution in [2.24, 2.45) is 0 Å². The number of alkyl halides is 3. The lowest BCUT2D eigenvalue weighted by molar-refractivity contribution is -0.137. The van der Waals surface area contributed by atoms with Crippen LogP contribution in [0.2, 0.25) is 5.02 Å². The van der Waals surface area contributed by atoms with Crippen LogP contribution < -0.4 is 5.32 Å². The Morgan fingerprint density at radius 2 is 1.87 bits per heavy atom. The third kappa shape index (κ3) is 5.36. The van der Waals surface area contributed by atoms with E-state index in [1.165, 1.54) is 18.2 Å². The first kappa shape index (κ1) is 22.2. The van der Waals surface area contributed by atoms with Crippen LogP contribution in [0.15, 0.2) is 70.7 Å². The van der Waals surface area contributed by atoms with Gasteiger partial charge in [-0.05, 0) is 42.8 Å². The Morgan fingerprint density at radius 3 is 2.52 bits per heavy atom. The van der Waals surface area contributed by atoms with Gasteiger partial charge in [0.1, 0.15) is 23.2 Å². The van der Waals surface area contributed by atoms with Crippen molar-refractivity contribution in [3.8, 4) is 17.4 Å². The molecule has 158 valence electrons. The molecule has 0 aliphatic carbocycles. The summed E-state index contributed by atoms with van der Waals surface area (Å²) in [5.41, 5.74) is -0.157. The number of nitrogens with zero attached hydrogens (tertiary/aromatic N) is 1. The first-order valence-corrected chi connectivity index (χ1v) is 9.51. The van der Waals surface area contributed by atoms with Crippen LogP contribution in [0.4, 0.5) is 13.2 Å². The molecule has 0 fully saturated rings. The summed E-state index contributed by atoms with van der Waals surface area (Å²) in [4.78, 5) is 12.5. The van der Waals surface area contributed by atoms with Crippen molar-refractivity contribution < 1.29 is 22.4 Å². The second-order valence-electron chi connectivity index (χ2n) is 6.67. The molecule has 0 saturated heterocycles. The quantitative estimate of drug-likeness (QED) is 0.365. The molecule has 4 nitrogen and oxygen atoms in total. The van der Waals surface area contributed by atoms with Crippen LogP contribution in [0, 0.1) is 11.3 Å². The number of halogens is 4. The molecule has 1 aromatic heterocycles. The molecule has 0 spiro atoms. The average Bonchev–Trinajstić information content (AvgIpc) is 3.20. The molecule has 0 radical (unpaired) electrons. The molecule has 0 saturated carbocycles. The zero-order valence-corrected chi connectivity index (χ0v) is 17.0. The van der Waals surface area contributed by atoms with Gasteiger partial charge in [0.25, 0.3) is 5.91 Å². The topological polar surface area (TPSA) is 66.0 Å². The fourth-order valence-electron chi connectivity index (χ4n) is 2.86. The molecule has 31 heavy (non-hydrogen) atoms. The Hall–Kier alpha value is -3.50. The summed E-state index contributed by atoms with van der Waals surface area (Å²) in [6, 6.07) is 16.5. The van der Waals surface area contributed by atoms with E-state index in [1.807, 2.05) is 36.4 Å². The molecule has 8 heteroatoms. The van der Waals surface area contributed by atoms with Crippen LogP contribution in [0.3, 0.4) is 0 Å². The average molecular weight is 445 g/mol. The van der Waals surface area contributed by atoms with Gasteiger partial charge in [-0.1, -0.05) is 41.9 Å². The van der Waals surface area contributed by atoms with Crippen molar-refractivity contribution in [3.63, 3.8) is 0 Å². The lowest BCUT2D eigenvalue weighted by Gasteiger charge is -2.13. The second-order valence-corrected chi connectivity index (χ2v) is 7.08. The van der Waals surface area contributed by atoms with Gasteiger partial charge in [0.2, 0.25) is 0 Å². The van der Waals surface area contributed by atoms with Crippen molar-refractivity contribution in [1.82, 2.24) is 5.32 Å². The molecule has 3 rings (SSSR count). The maximum absolute atomic E-state index is 13.0. The molecule has 3 aromatic rings. The fourth-order valence-corrected chi connectivity index (χ4v) is 3.07. The third-order valence-electron chi connectivity index (χ3n) is 4.48. The number of hydrogen-bond donors (Lipinski definition) is 1. The molecule has 1 amide bonds. The van der Waals surface area contributed by atoms with Crippen LogP contribution in [-0.4, -0.2) is 5.91 Å². The largest absolute Gasteiger partial charge is 0.457 e. The van der Waals surface area contributed by atoms with E-state index < -0.39 is 17.6 Å². The number of furan rings is 1. The number of carbonyl (C=O) groups is 1. The Kier molecular flexibility index (Phi) is 6.52. The highest BCUT2D eigenvalue weighted by Gasteiger charge is 2.31. The Bertz CT molecular complexity index is 1160. The Morgan fingerprint density at radius 1 is 1.16 bits per heavy atom. The number of nitriles is 1. The number of amides is 1. The van der Waals surface area contributed by atoms with Gasteiger partial charge in [0, 0.05) is 11.6 Å². The highest BCUT2D eigenvalue weighted by atomic mass is 35.5. The second kappa shape index (κ2) is 9.11. The van der Waals surface area contributed by atoms with Gasteiger partial charge in [0.15, 0.2) is 0 Å². The van der Waals surface area contributed by atoms with E-state index in [0.29, 0.717) is 0 Å². The third-order valence-corrected chi connectivity index (χ3v) is 4.81. The van der Waals surface area contributed by atoms with Crippen molar-refractivity contribution in [3.05, 3.63) is 88.1 Å². The van der Waals surface area contributed by atoms with E-state index >= 15 is 0 Å². The predicted octanol–water partition coefficient (Wildman–Crippen LogP) is 6.40. The standard InChI is InChI=1S/C23H16ClF3N2O2/c1-14(15-5-3-2-4-6-15)29-22(30)16(13-28)11-18-8-10-21(31-18)19-12-17(23(25,26)27)7-9-20(19)24/h2-12,14H,1H3,(H,29,30).